The number of para-hydroxylation sites is 1. The van der Waals surface area contributed by atoms with Crippen molar-refractivity contribution in [1.29, 1.82) is 0 Å². The molecule has 0 fully saturated rings. The zero-order valence-corrected chi connectivity index (χ0v) is 18.5. The number of aromatic amines is 1. The van der Waals surface area contributed by atoms with E-state index in [9.17, 15) is 9.59 Å². The summed E-state index contributed by atoms with van der Waals surface area (Å²) in [6.45, 7) is 0. The summed E-state index contributed by atoms with van der Waals surface area (Å²) in [4.78, 5) is 29.0. The number of rotatable bonds is 7. The number of urea groups is 1. The molecular formula is C24H22N6O4. The van der Waals surface area contributed by atoms with Crippen LogP contribution in [0.2, 0.25) is 0 Å². The predicted octanol–water partition coefficient (Wildman–Crippen LogP) is 4.39. The van der Waals surface area contributed by atoms with Gasteiger partial charge in [-0.15, -0.1) is 5.10 Å². The molecule has 10 nitrogen and oxygen atoms in total. The summed E-state index contributed by atoms with van der Waals surface area (Å²) in [5.74, 6) is 1.34. The molecule has 0 spiro atoms. The number of carbonyl (C=O) groups excluding carboxylic acids is 2. The topological polar surface area (TPSA) is 130 Å². The van der Waals surface area contributed by atoms with Crippen molar-refractivity contribution >= 4 is 29.3 Å². The average Bonchev–Trinajstić information content (AvgIpc) is 3.32. The van der Waals surface area contributed by atoms with Gasteiger partial charge in [-0.2, -0.15) is 4.98 Å². The van der Waals surface area contributed by atoms with Crippen molar-refractivity contribution in [2.75, 3.05) is 30.2 Å². The molecule has 0 aliphatic carbocycles. The van der Waals surface area contributed by atoms with Crippen LogP contribution in [-0.2, 0) is 0 Å². The van der Waals surface area contributed by atoms with E-state index in [0.717, 1.165) is 0 Å². The smallest absolute Gasteiger partial charge is 0.323 e. The minimum Gasteiger partial charge on any atom is -0.497 e. The summed E-state index contributed by atoms with van der Waals surface area (Å²) in [7, 11) is 3.11. The summed E-state index contributed by atoms with van der Waals surface area (Å²) < 4.78 is 10.6. The van der Waals surface area contributed by atoms with E-state index < -0.39 is 5.91 Å². The number of nitrogens with one attached hydrogen (secondary N) is 4. The number of methoxy groups -OCH3 is 2. The third-order valence-corrected chi connectivity index (χ3v) is 4.81. The van der Waals surface area contributed by atoms with Gasteiger partial charge in [-0.3, -0.25) is 15.2 Å². The molecule has 172 valence electrons. The van der Waals surface area contributed by atoms with Gasteiger partial charge in [-0.05, 0) is 48.5 Å². The van der Waals surface area contributed by atoms with Crippen LogP contribution in [0.5, 0.6) is 11.5 Å². The molecule has 34 heavy (non-hydrogen) atoms. The van der Waals surface area contributed by atoms with Crippen LogP contribution in [0.15, 0.2) is 72.8 Å². The Kier molecular flexibility index (Phi) is 6.68. The maximum atomic E-state index is 12.6. The number of hydrogen-bond acceptors (Lipinski definition) is 6. The van der Waals surface area contributed by atoms with Gasteiger partial charge in [0, 0.05) is 23.0 Å². The van der Waals surface area contributed by atoms with Crippen molar-refractivity contribution in [2.24, 2.45) is 0 Å². The molecule has 0 aliphatic heterocycles. The number of nitrogens with zero attached hydrogens (tertiary/aromatic N) is 2. The number of ether oxygens (including phenoxy) is 2. The fourth-order valence-electron chi connectivity index (χ4n) is 3.13. The molecule has 0 radical (unpaired) electrons. The van der Waals surface area contributed by atoms with Crippen molar-refractivity contribution < 1.29 is 19.1 Å². The first-order chi connectivity index (χ1) is 16.6. The van der Waals surface area contributed by atoms with Crippen LogP contribution in [0.4, 0.5) is 22.1 Å². The highest BCUT2D eigenvalue weighted by Gasteiger charge is 2.14. The van der Waals surface area contributed by atoms with E-state index in [-0.39, 0.29) is 12.0 Å². The Morgan fingerprint density at radius 2 is 1.53 bits per heavy atom. The molecule has 0 bridgehead atoms. The summed E-state index contributed by atoms with van der Waals surface area (Å²) in [6.07, 6.45) is 0. The highest BCUT2D eigenvalue weighted by molar-refractivity contribution is 6.04. The average molecular weight is 458 g/mol. The minimum atomic E-state index is -0.396. The van der Waals surface area contributed by atoms with Crippen molar-refractivity contribution in [3.05, 3.63) is 78.4 Å². The first-order valence-corrected chi connectivity index (χ1v) is 10.2. The fraction of sp³-hybridized carbons (Fsp3) is 0.0833. The summed E-state index contributed by atoms with van der Waals surface area (Å²) in [6, 6.07) is 20.4. The summed E-state index contributed by atoms with van der Waals surface area (Å²) >= 11 is 0. The van der Waals surface area contributed by atoms with Crippen LogP contribution >= 0.6 is 0 Å². The van der Waals surface area contributed by atoms with E-state index in [1.165, 1.54) is 0 Å². The van der Waals surface area contributed by atoms with Crippen LogP contribution in [0.1, 0.15) is 10.4 Å². The predicted molar refractivity (Wildman–Crippen MR) is 128 cm³/mol. The van der Waals surface area contributed by atoms with Crippen LogP contribution in [0.3, 0.4) is 0 Å². The lowest BCUT2D eigenvalue weighted by Crippen LogP contribution is -2.19. The van der Waals surface area contributed by atoms with Gasteiger partial charge in [-0.1, -0.05) is 18.2 Å². The zero-order chi connectivity index (χ0) is 23.9. The quantitative estimate of drug-likeness (QED) is 0.325. The Morgan fingerprint density at radius 3 is 2.21 bits per heavy atom. The molecule has 0 aliphatic rings. The molecule has 0 saturated carbocycles. The largest absolute Gasteiger partial charge is 0.497 e. The second-order valence-corrected chi connectivity index (χ2v) is 7.05. The van der Waals surface area contributed by atoms with Gasteiger partial charge in [0.25, 0.3) is 5.91 Å². The second kappa shape index (κ2) is 10.2. The van der Waals surface area contributed by atoms with E-state index in [0.29, 0.717) is 39.8 Å². The molecule has 0 saturated heterocycles. The van der Waals surface area contributed by atoms with Gasteiger partial charge in [0.15, 0.2) is 5.82 Å². The molecule has 3 amide bonds. The van der Waals surface area contributed by atoms with Crippen molar-refractivity contribution in [1.82, 2.24) is 15.2 Å². The third-order valence-electron chi connectivity index (χ3n) is 4.81. The monoisotopic (exact) mass is 458 g/mol. The van der Waals surface area contributed by atoms with E-state index >= 15 is 0 Å². The van der Waals surface area contributed by atoms with Gasteiger partial charge >= 0.3 is 6.03 Å². The Balaban J connectivity index is 1.38. The molecule has 3 aromatic carbocycles. The minimum absolute atomic E-state index is 0.113. The highest BCUT2D eigenvalue weighted by Crippen LogP contribution is 2.31. The number of H-pyrrole nitrogens is 1. The van der Waals surface area contributed by atoms with Gasteiger partial charge < -0.3 is 20.1 Å². The van der Waals surface area contributed by atoms with Crippen molar-refractivity contribution in [2.45, 2.75) is 0 Å². The van der Waals surface area contributed by atoms with Gasteiger partial charge in [0.1, 0.15) is 11.5 Å². The van der Waals surface area contributed by atoms with Crippen LogP contribution < -0.4 is 25.4 Å². The van der Waals surface area contributed by atoms with E-state index in [1.807, 2.05) is 18.2 Å². The maximum Gasteiger partial charge on any atom is 0.323 e. The molecular weight excluding hydrogens is 436 g/mol. The Morgan fingerprint density at radius 1 is 0.824 bits per heavy atom. The first kappa shape index (κ1) is 22.3. The molecule has 10 heteroatoms. The van der Waals surface area contributed by atoms with Gasteiger partial charge in [0.2, 0.25) is 5.95 Å². The summed E-state index contributed by atoms with van der Waals surface area (Å²) in [5, 5.41) is 14.9. The number of benzene rings is 3. The van der Waals surface area contributed by atoms with Gasteiger partial charge in [0.05, 0.1) is 19.8 Å². The fourth-order valence-corrected chi connectivity index (χ4v) is 3.13. The molecule has 4 rings (SSSR count). The number of hydrogen-bond donors (Lipinski definition) is 4. The Hall–Kier alpha value is -4.86. The van der Waals surface area contributed by atoms with Crippen molar-refractivity contribution in [3.63, 3.8) is 0 Å². The van der Waals surface area contributed by atoms with Gasteiger partial charge in [-0.25, -0.2) is 4.79 Å². The van der Waals surface area contributed by atoms with Crippen LogP contribution in [0, 0.1) is 0 Å². The number of aromatic nitrogens is 3. The summed E-state index contributed by atoms with van der Waals surface area (Å²) in [5.41, 5.74) is 2.26. The molecule has 4 aromatic rings. The van der Waals surface area contributed by atoms with E-state index in [1.54, 1.807) is 68.8 Å². The lowest BCUT2D eigenvalue weighted by atomic mass is 10.2. The maximum absolute atomic E-state index is 12.6. The van der Waals surface area contributed by atoms with Crippen LogP contribution in [-0.4, -0.2) is 41.3 Å². The van der Waals surface area contributed by atoms with E-state index in [2.05, 4.69) is 31.1 Å². The molecule has 0 unspecified atom stereocenters. The lowest BCUT2D eigenvalue weighted by Gasteiger charge is -2.08. The first-order valence-electron chi connectivity index (χ1n) is 10.2. The third kappa shape index (κ3) is 5.30. The number of anilines is 3. The SMILES string of the molecule is COc1ccc(-c2nc(NC(=O)c3ccc(NC(=O)Nc4ccccc4)cc3)n[nH]2)c(OC)c1. The molecule has 1 heterocycles. The Bertz CT molecular complexity index is 1290. The van der Waals surface area contributed by atoms with Crippen molar-refractivity contribution in [3.8, 4) is 22.9 Å². The molecule has 4 N–H and O–H groups in total. The highest BCUT2D eigenvalue weighted by atomic mass is 16.5. The number of carbonyl (C=O) groups is 2. The number of amides is 3. The normalized spacial score (nSPS) is 10.3. The lowest BCUT2D eigenvalue weighted by molar-refractivity contribution is 0.102. The second-order valence-electron chi connectivity index (χ2n) is 7.05. The molecule has 0 atom stereocenters. The zero-order valence-electron chi connectivity index (χ0n) is 18.5. The standard InChI is InChI=1S/C24H22N6O4/c1-33-18-12-13-19(20(14-18)34-2)21-27-23(30-29-21)28-22(31)15-8-10-17(11-9-15)26-24(32)25-16-6-4-3-5-7-16/h3-14H,1-2H3,(H2,25,26,32)(H2,27,28,29,30,31). The Labute approximate surface area is 195 Å². The van der Waals surface area contributed by atoms with Crippen LogP contribution in [0.25, 0.3) is 11.4 Å². The van der Waals surface area contributed by atoms with E-state index in [4.69, 9.17) is 9.47 Å². The molecule has 1 aromatic heterocycles.